The monoisotopic (exact) mass is 315 g/mol. The van der Waals surface area contributed by atoms with Crippen molar-refractivity contribution in [1.82, 2.24) is 10.3 Å². The number of nitrogens with zero attached hydrogens (tertiary/aromatic N) is 1. The van der Waals surface area contributed by atoms with Gasteiger partial charge in [0.1, 0.15) is 5.82 Å². The minimum atomic E-state index is -0.301. The molecule has 0 aliphatic rings. The van der Waals surface area contributed by atoms with Gasteiger partial charge < -0.3 is 10.6 Å². The Morgan fingerprint density at radius 1 is 1.23 bits per heavy atom. The minimum absolute atomic E-state index is 0.290. The highest BCUT2D eigenvalue weighted by Crippen LogP contribution is 2.24. The first-order valence-electron chi connectivity index (χ1n) is 6.77. The highest BCUT2D eigenvalue weighted by atomic mass is 32.1. The zero-order chi connectivity index (χ0) is 15.5. The smallest absolute Gasteiger partial charge is 0.319 e. The molecule has 2 N–H and O–H groups in total. The topological polar surface area (TPSA) is 54.0 Å². The average molecular weight is 315 g/mol. The van der Waals surface area contributed by atoms with Crippen LogP contribution in [-0.4, -0.2) is 11.0 Å². The molecule has 2 amide bonds. The molecule has 4 nitrogen and oxygen atoms in total. The summed E-state index contributed by atoms with van der Waals surface area (Å²) in [5, 5.41) is 6.51. The molecule has 1 heterocycles. The molecule has 0 unspecified atom stereocenters. The van der Waals surface area contributed by atoms with E-state index < -0.39 is 0 Å². The molecule has 112 valence electrons. The van der Waals surface area contributed by atoms with Gasteiger partial charge in [-0.1, -0.05) is 12.1 Å². The molecular weight excluding hydrogens is 301 g/mol. The summed E-state index contributed by atoms with van der Waals surface area (Å²) in [6.07, 6.45) is 0. The molecule has 0 bridgehead atoms. The largest absolute Gasteiger partial charge is 0.334 e. The maximum absolute atomic E-state index is 12.8. The van der Waals surface area contributed by atoms with Crippen molar-refractivity contribution in [3.05, 3.63) is 58.9 Å². The number of benzene rings is 2. The summed E-state index contributed by atoms with van der Waals surface area (Å²) in [7, 11) is 0. The van der Waals surface area contributed by atoms with Crippen molar-refractivity contribution in [1.29, 1.82) is 0 Å². The van der Waals surface area contributed by atoms with Gasteiger partial charge in [0.2, 0.25) is 0 Å². The molecule has 22 heavy (non-hydrogen) atoms. The number of halogens is 1. The van der Waals surface area contributed by atoms with Crippen LogP contribution < -0.4 is 10.6 Å². The highest BCUT2D eigenvalue weighted by Gasteiger charge is 2.05. The molecule has 2 aromatic carbocycles. The lowest BCUT2D eigenvalue weighted by atomic mass is 10.2. The van der Waals surface area contributed by atoms with Gasteiger partial charge in [-0.3, -0.25) is 0 Å². The maximum Gasteiger partial charge on any atom is 0.319 e. The first-order chi connectivity index (χ1) is 10.6. The fourth-order valence-corrected chi connectivity index (χ4v) is 2.94. The fraction of sp³-hybridized carbons (Fsp3) is 0.125. The lowest BCUT2D eigenvalue weighted by molar-refractivity contribution is 0.251. The van der Waals surface area contributed by atoms with Crippen LogP contribution in [0, 0.1) is 12.7 Å². The van der Waals surface area contributed by atoms with E-state index in [1.54, 1.807) is 23.5 Å². The molecule has 0 spiro atoms. The number of amides is 2. The minimum Gasteiger partial charge on any atom is -0.334 e. The quantitative estimate of drug-likeness (QED) is 0.765. The van der Waals surface area contributed by atoms with Gasteiger partial charge in [-0.05, 0) is 42.8 Å². The van der Waals surface area contributed by atoms with Crippen molar-refractivity contribution in [3.8, 4) is 0 Å². The Bertz CT molecular complexity index is 814. The fourth-order valence-electron chi connectivity index (χ4n) is 2.08. The molecule has 3 rings (SSSR count). The highest BCUT2D eigenvalue weighted by molar-refractivity contribution is 7.18. The van der Waals surface area contributed by atoms with Crippen LogP contribution in [0.2, 0.25) is 0 Å². The zero-order valence-electron chi connectivity index (χ0n) is 11.9. The second-order valence-electron chi connectivity index (χ2n) is 4.85. The predicted octanol–water partition coefficient (Wildman–Crippen LogP) is 4.07. The Morgan fingerprint density at radius 3 is 2.77 bits per heavy atom. The third-order valence-corrected chi connectivity index (χ3v) is 4.05. The van der Waals surface area contributed by atoms with Gasteiger partial charge in [-0.25, -0.2) is 14.2 Å². The third-order valence-electron chi connectivity index (χ3n) is 3.12. The summed E-state index contributed by atoms with van der Waals surface area (Å²) in [4.78, 5) is 16.3. The van der Waals surface area contributed by atoms with E-state index in [-0.39, 0.29) is 11.8 Å². The molecule has 0 saturated carbocycles. The molecule has 3 aromatic rings. The summed E-state index contributed by atoms with van der Waals surface area (Å²) < 4.78 is 13.8. The number of hydrogen-bond acceptors (Lipinski definition) is 3. The molecule has 0 saturated heterocycles. The van der Waals surface area contributed by atoms with Crippen molar-refractivity contribution < 1.29 is 9.18 Å². The number of urea groups is 1. The van der Waals surface area contributed by atoms with Gasteiger partial charge in [0, 0.05) is 12.2 Å². The van der Waals surface area contributed by atoms with E-state index >= 15 is 0 Å². The van der Waals surface area contributed by atoms with Crippen molar-refractivity contribution >= 4 is 33.3 Å². The number of fused-ring (bicyclic) bond motifs is 1. The lowest BCUT2D eigenvalue weighted by Gasteiger charge is -2.07. The van der Waals surface area contributed by atoms with Crippen LogP contribution in [0.25, 0.3) is 10.2 Å². The second kappa shape index (κ2) is 6.11. The lowest BCUT2D eigenvalue weighted by Crippen LogP contribution is -2.28. The van der Waals surface area contributed by atoms with Crippen LogP contribution in [0.4, 0.5) is 14.9 Å². The van der Waals surface area contributed by atoms with E-state index in [4.69, 9.17) is 0 Å². The Labute approximate surface area is 131 Å². The van der Waals surface area contributed by atoms with Gasteiger partial charge in [-0.15, -0.1) is 11.3 Å². The molecule has 1 aromatic heterocycles. The summed E-state index contributed by atoms with van der Waals surface area (Å²) in [5.74, 6) is -0.290. The SMILES string of the molecule is Cc1nc2ccc(NC(=O)NCc3ccc(F)cc3)cc2s1. The number of carbonyl (C=O) groups excluding carboxylic acids is 1. The Kier molecular flexibility index (Phi) is 4.02. The van der Waals surface area contributed by atoms with Crippen molar-refractivity contribution in [2.75, 3.05) is 5.32 Å². The molecule has 0 aliphatic carbocycles. The zero-order valence-corrected chi connectivity index (χ0v) is 12.7. The summed E-state index contributed by atoms with van der Waals surface area (Å²) in [5.41, 5.74) is 2.48. The standard InChI is InChI=1S/C16H14FN3OS/c1-10-19-14-7-6-13(8-15(14)22-10)20-16(21)18-9-11-2-4-12(17)5-3-11/h2-8H,9H2,1H3,(H2,18,20,21). The van der Waals surface area contributed by atoms with Crippen LogP contribution in [-0.2, 0) is 6.54 Å². The number of anilines is 1. The second-order valence-corrected chi connectivity index (χ2v) is 6.08. The number of aryl methyl sites for hydroxylation is 1. The van der Waals surface area contributed by atoms with Crippen LogP contribution >= 0.6 is 11.3 Å². The van der Waals surface area contributed by atoms with E-state index in [1.807, 2.05) is 25.1 Å². The number of nitrogens with one attached hydrogen (secondary N) is 2. The average Bonchev–Trinajstić information content (AvgIpc) is 2.86. The summed E-state index contributed by atoms with van der Waals surface area (Å²) >= 11 is 1.59. The molecule has 6 heteroatoms. The van der Waals surface area contributed by atoms with Crippen LogP contribution in [0.5, 0.6) is 0 Å². The molecule has 0 aliphatic heterocycles. The van der Waals surface area contributed by atoms with Crippen molar-refractivity contribution in [2.45, 2.75) is 13.5 Å². The van der Waals surface area contributed by atoms with E-state index in [2.05, 4.69) is 15.6 Å². The number of carbonyl (C=O) groups is 1. The normalized spacial score (nSPS) is 10.6. The summed E-state index contributed by atoms with van der Waals surface area (Å²) in [6.45, 7) is 2.29. The third kappa shape index (κ3) is 3.40. The Balaban J connectivity index is 1.61. The van der Waals surface area contributed by atoms with Gasteiger partial charge in [0.15, 0.2) is 0 Å². The van der Waals surface area contributed by atoms with Crippen LogP contribution in [0.1, 0.15) is 10.6 Å². The predicted molar refractivity (Wildman–Crippen MR) is 86.6 cm³/mol. The molecular formula is C16H14FN3OS. The van der Waals surface area contributed by atoms with E-state index in [0.29, 0.717) is 12.2 Å². The first kappa shape index (κ1) is 14.5. The van der Waals surface area contributed by atoms with Crippen LogP contribution in [0.15, 0.2) is 42.5 Å². The van der Waals surface area contributed by atoms with Crippen LogP contribution in [0.3, 0.4) is 0 Å². The van der Waals surface area contributed by atoms with E-state index in [1.165, 1.54) is 12.1 Å². The number of rotatable bonds is 3. The summed E-state index contributed by atoms with van der Waals surface area (Å²) in [6, 6.07) is 11.3. The van der Waals surface area contributed by atoms with Gasteiger partial charge in [-0.2, -0.15) is 0 Å². The first-order valence-corrected chi connectivity index (χ1v) is 7.58. The van der Waals surface area contributed by atoms with Crippen molar-refractivity contribution in [3.63, 3.8) is 0 Å². The van der Waals surface area contributed by atoms with Gasteiger partial charge in [0.25, 0.3) is 0 Å². The Hall–Kier alpha value is -2.47. The van der Waals surface area contributed by atoms with Gasteiger partial charge in [0.05, 0.1) is 15.2 Å². The van der Waals surface area contributed by atoms with Crippen molar-refractivity contribution in [2.24, 2.45) is 0 Å². The van der Waals surface area contributed by atoms with E-state index in [0.717, 1.165) is 20.8 Å². The van der Waals surface area contributed by atoms with E-state index in [9.17, 15) is 9.18 Å². The maximum atomic E-state index is 12.8. The number of hydrogen-bond donors (Lipinski definition) is 2. The molecule has 0 atom stereocenters. The molecule has 0 fully saturated rings. The molecule has 0 radical (unpaired) electrons. The number of aromatic nitrogens is 1. The number of thiazole rings is 1. The van der Waals surface area contributed by atoms with Gasteiger partial charge >= 0.3 is 6.03 Å². The Morgan fingerprint density at radius 2 is 2.00 bits per heavy atom.